The quantitative estimate of drug-likeness (QED) is 0.559. The van der Waals surface area contributed by atoms with Gasteiger partial charge in [0.15, 0.2) is 0 Å². The molecule has 0 heterocycles. The van der Waals surface area contributed by atoms with E-state index in [1.54, 1.807) is 31.0 Å². The molecule has 0 bridgehead atoms. The molecule has 24 heavy (non-hydrogen) atoms. The average molecular weight is 362 g/mol. The van der Waals surface area contributed by atoms with Crippen molar-refractivity contribution in [2.45, 2.75) is 5.75 Å². The van der Waals surface area contributed by atoms with Crippen LogP contribution in [0.3, 0.4) is 0 Å². The summed E-state index contributed by atoms with van der Waals surface area (Å²) in [4.78, 5) is 11.8. The van der Waals surface area contributed by atoms with Crippen molar-refractivity contribution in [3.63, 3.8) is 0 Å². The zero-order chi connectivity index (χ0) is 17.2. The molecule has 126 valence electrons. The van der Waals surface area contributed by atoms with E-state index in [0.717, 1.165) is 27.8 Å². The van der Waals surface area contributed by atoms with Crippen molar-refractivity contribution in [3.05, 3.63) is 70.8 Å². The van der Waals surface area contributed by atoms with Gasteiger partial charge in [-0.3, -0.25) is 4.79 Å². The van der Waals surface area contributed by atoms with Crippen molar-refractivity contribution in [2.24, 2.45) is 0 Å². The van der Waals surface area contributed by atoms with E-state index in [2.05, 4.69) is 5.32 Å². The number of methoxy groups -OCH3 is 1. The standard InChI is InChI=1S/C19H20ClNO2S/c1-23-18-9-4-15(5-10-18)6-11-19(22)21-12-13-24-14-16-2-7-17(20)8-3-16/h2-11H,12-14H2,1H3,(H,21,22)/b11-6+. The molecule has 3 nitrogen and oxygen atoms in total. The normalized spacial score (nSPS) is 10.8. The molecule has 0 aromatic heterocycles. The lowest BCUT2D eigenvalue weighted by Gasteiger charge is -2.03. The van der Waals surface area contributed by atoms with Crippen LogP contribution in [0, 0.1) is 0 Å². The van der Waals surface area contributed by atoms with Gasteiger partial charge in [-0.1, -0.05) is 35.9 Å². The van der Waals surface area contributed by atoms with Gasteiger partial charge >= 0.3 is 0 Å². The highest BCUT2D eigenvalue weighted by molar-refractivity contribution is 7.98. The number of nitrogens with one attached hydrogen (secondary N) is 1. The minimum atomic E-state index is -0.0853. The maximum Gasteiger partial charge on any atom is 0.244 e. The molecule has 2 rings (SSSR count). The summed E-state index contributed by atoms with van der Waals surface area (Å²) in [5.41, 5.74) is 2.19. The number of benzene rings is 2. The maximum absolute atomic E-state index is 11.8. The number of rotatable bonds is 8. The Kier molecular flexibility index (Phi) is 7.72. The number of carbonyl (C=O) groups excluding carboxylic acids is 1. The first-order valence-corrected chi connectivity index (χ1v) is 9.13. The molecule has 1 N–H and O–H groups in total. The number of hydrogen-bond acceptors (Lipinski definition) is 3. The molecule has 0 unspecified atom stereocenters. The van der Waals surface area contributed by atoms with Gasteiger partial charge in [0, 0.05) is 29.1 Å². The molecule has 0 aliphatic heterocycles. The van der Waals surface area contributed by atoms with Gasteiger partial charge in [0.2, 0.25) is 5.91 Å². The predicted octanol–water partition coefficient (Wildman–Crippen LogP) is 4.41. The van der Waals surface area contributed by atoms with E-state index in [1.807, 2.05) is 48.5 Å². The third-order valence-electron chi connectivity index (χ3n) is 3.27. The summed E-state index contributed by atoms with van der Waals surface area (Å²) in [5, 5.41) is 3.63. The zero-order valence-electron chi connectivity index (χ0n) is 13.5. The van der Waals surface area contributed by atoms with Crippen LogP contribution in [-0.4, -0.2) is 25.3 Å². The second-order valence-corrected chi connectivity index (χ2v) is 6.62. The number of amides is 1. The van der Waals surface area contributed by atoms with E-state index in [-0.39, 0.29) is 5.91 Å². The Bertz CT molecular complexity index is 669. The third kappa shape index (κ3) is 6.69. The van der Waals surface area contributed by atoms with Crippen LogP contribution in [0.25, 0.3) is 6.08 Å². The summed E-state index contributed by atoms with van der Waals surface area (Å²) in [6, 6.07) is 15.4. The largest absolute Gasteiger partial charge is 0.497 e. The Morgan fingerprint density at radius 2 is 1.88 bits per heavy atom. The van der Waals surface area contributed by atoms with Crippen molar-refractivity contribution < 1.29 is 9.53 Å². The highest BCUT2D eigenvalue weighted by Crippen LogP contribution is 2.15. The van der Waals surface area contributed by atoms with Gasteiger partial charge in [-0.25, -0.2) is 0 Å². The smallest absolute Gasteiger partial charge is 0.244 e. The van der Waals surface area contributed by atoms with Crippen molar-refractivity contribution in [3.8, 4) is 5.75 Å². The number of ether oxygens (including phenoxy) is 1. The van der Waals surface area contributed by atoms with Crippen LogP contribution >= 0.6 is 23.4 Å². The molecule has 2 aromatic carbocycles. The molecule has 2 aromatic rings. The Labute approximate surface area is 152 Å². The van der Waals surface area contributed by atoms with Crippen molar-refractivity contribution in [1.29, 1.82) is 0 Å². The van der Waals surface area contributed by atoms with Crippen molar-refractivity contribution >= 4 is 35.3 Å². The molecular weight excluding hydrogens is 342 g/mol. The van der Waals surface area contributed by atoms with Crippen molar-refractivity contribution in [2.75, 3.05) is 19.4 Å². The third-order valence-corrected chi connectivity index (χ3v) is 4.55. The molecule has 0 atom stereocenters. The van der Waals surface area contributed by atoms with Gasteiger partial charge < -0.3 is 10.1 Å². The molecule has 0 radical (unpaired) electrons. The molecule has 0 saturated carbocycles. The number of halogens is 1. The van der Waals surface area contributed by atoms with E-state index < -0.39 is 0 Å². The fourth-order valence-electron chi connectivity index (χ4n) is 1.96. The van der Waals surface area contributed by atoms with E-state index in [1.165, 1.54) is 5.56 Å². The van der Waals surface area contributed by atoms with Gasteiger partial charge in [0.05, 0.1) is 7.11 Å². The summed E-state index contributed by atoms with van der Waals surface area (Å²) in [6.07, 6.45) is 3.33. The highest BCUT2D eigenvalue weighted by Gasteiger charge is 1.97. The first-order chi connectivity index (χ1) is 11.7. The molecular formula is C19H20ClNO2S. The van der Waals surface area contributed by atoms with Crippen LogP contribution in [0.4, 0.5) is 0 Å². The molecule has 0 saturated heterocycles. The second-order valence-electron chi connectivity index (χ2n) is 5.08. The molecule has 0 spiro atoms. The van der Waals surface area contributed by atoms with E-state index in [4.69, 9.17) is 16.3 Å². The Hall–Kier alpha value is -1.91. The topological polar surface area (TPSA) is 38.3 Å². The lowest BCUT2D eigenvalue weighted by molar-refractivity contribution is -0.116. The number of thioether (sulfide) groups is 1. The number of hydrogen-bond donors (Lipinski definition) is 1. The lowest BCUT2D eigenvalue weighted by atomic mass is 10.2. The van der Waals surface area contributed by atoms with E-state index in [9.17, 15) is 4.79 Å². The molecule has 5 heteroatoms. The van der Waals surface area contributed by atoms with Crippen LogP contribution in [0.5, 0.6) is 5.75 Å². The van der Waals surface area contributed by atoms with Crippen LogP contribution in [0.2, 0.25) is 5.02 Å². The Balaban J connectivity index is 1.63. The summed E-state index contributed by atoms with van der Waals surface area (Å²) < 4.78 is 5.10. The Morgan fingerprint density at radius 3 is 2.54 bits per heavy atom. The zero-order valence-corrected chi connectivity index (χ0v) is 15.1. The number of carbonyl (C=O) groups is 1. The predicted molar refractivity (Wildman–Crippen MR) is 103 cm³/mol. The molecule has 0 aliphatic rings. The van der Waals surface area contributed by atoms with Gasteiger partial charge in [0.1, 0.15) is 5.75 Å². The molecule has 1 amide bonds. The lowest BCUT2D eigenvalue weighted by Crippen LogP contribution is -2.23. The summed E-state index contributed by atoms with van der Waals surface area (Å²) in [7, 11) is 1.63. The van der Waals surface area contributed by atoms with E-state index >= 15 is 0 Å². The summed E-state index contributed by atoms with van der Waals surface area (Å²) >= 11 is 7.63. The second kappa shape index (κ2) is 10.1. The minimum absolute atomic E-state index is 0.0853. The van der Waals surface area contributed by atoms with E-state index in [0.29, 0.717) is 6.54 Å². The fourth-order valence-corrected chi connectivity index (χ4v) is 2.91. The summed E-state index contributed by atoms with van der Waals surface area (Å²) in [6.45, 7) is 0.643. The molecule has 0 fully saturated rings. The first-order valence-electron chi connectivity index (χ1n) is 7.59. The van der Waals surface area contributed by atoms with Gasteiger partial charge in [0.25, 0.3) is 0 Å². The monoisotopic (exact) mass is 361 g/mol. The summed E-state index contributed by atoms with van der Waals surface area (Å²) in [5.74, 6) is 2.49. The maximum atomic E-state index is 11.8. The van der Waals surface area contributed by atoms with Crippen molar-refractivity contribution in [1.82, 2.24) is 5.32 Å². The molecule has 0 aliphatic carbocycles. The highest BCUT2D eigenvalue weighted by atomic mass is 35.5. The van der Waals surface area contributed by atoms with Gasteiger partial charge in [-0.05, 0) is 41.5 Å². The van der Waals surface area contributed by atoms with Gasteiger partial charge in [-0.15, -0.1) is 0 Å². The van der Waals surface area contributed by atoms with Crippen LogP contribution < -0.4 is 10.1 Å². The minimum Gasteiger partial charge on any atom is -0.497 e. The van der Waals surface area contributed by atoms with Crippen LogP contribution in [0.1, 0.15) is 11.1 Å². The first kappa shape index (κ1) is 18.4. The SMILES string of the molecule is COc1ccc(/C=C/C(=O)NCCSCc2ccc(Cl)cc2)cc1. The van der Waals surface area contributed by atoms with Crippen LogP contribution in [-0.2, 0) is 10.5 Å². The van der Waals surface area contributed by atoms with Crippen LogP contribution in [0.15, 0.2) is 54.6 Å². The van der Waals surface area contributed by atoms with Gasteiger partial charge in [-0.2, -0.15) is 11.8 Å². The fraction of sp³-hybridized carbons (Fsp3) is 0.211. The Morgan fingerprint density at radius 1 is 1.17 bits per heavy atom. The average Bonchev–Trinajstić information content (AvgIpc) is 2.61.